The Balaban J connectivity index is 2.33. The first-order valence-corrected chi connectivity index (χ1v) is 5.37. The molecule has 0 amide bonds. The average Bonchev–Trinajstić information content (AvgIpc) is 2.51. The number of rotatable bonds is 1. The van der Waals surface area contributed by atoms with Gasteiger partial charge in [-0.05, 0) is 18.3 Å². The van der Waals surface area contributed by atoms with Gasteiger partial charge in [0.1, 0.15) is 0 Å². The van der Waals surface area contributed by atoms with Gasteiger partial charge in [-0.1, -0.05) is 26.7 Å². The van der Waals surface area contributed by atoms with E-state index in [1.165, 1.54) is 19.3 Å². The van der Waals surface area contributed by atoms with Crippen molar-refractivity contribution in [2.24, 2.45) is 5.41 Å². The van der Waals surface area contributed by atoms with Crippen LogP contribution in [0.1, 0.15) is 45.6 Å². The highest BCUT2D eigenvalue weighted by Gasteiger charge is 2.33. The van der Waals surface area contributed by atoms with Gasteiger partial charge in [0.25, 0.3) is 0 Å². The zero-order valence-corrected chi connectivity index (χ0v) is 8.92. The predicted molar refractivity (Wildman–Crippen MR) is 56.3 cm³/mol. The Kier molecular flexibility index (Phi) is 2.25. The normalized spacial score (nSPS) is 26.3. The molecule has 1 fully saturated rings. The summed E-state index contributed by atoms with van der Waals surface area (Å²) in [6.45, 7) is 4.52. The molecule has 1 aromatic heterocycles. The van der Waals surface area contributed by atoms with Crippen LogP contribution in [0.25, 0.3) is 0 Å². The molecule has 2 rings (SSSR count). The second-order valence-corrected chi connectivity index (χ2v) is 4.92. The van der Waals surface area contributed by atoms with E-state index in [0.29, 0.717) is 6.04 Å². The lowest BCUT2D eigenvalue weighted by atomic mass is 9.73. The minimum Gasteiger partial charge on any atom is -0.313 e. The van der Waals surface area contributed by atoms with Crippen LogP contribution in [0.3, 0.4) is 0 Å². The number of hydrogen-bond acceptors (Lipinski definition) is 1. The first-order chi connectivity index (χ1) is 6.61. The van der Waals surface area contributed by atoms with Crippen molar-refractivity contribution >= 4 is 0 Å². The van der Waals surface area contributed by atoms with Crippen LogP contribution < -0.4 is 5.69 Å². The lowest BCUT2D eigenvalue weighted by Gasteiger charge is -2.38. The van der Waals surface area contributed by atoms with Crippen molar-refractivity contribution in [1.29, 1.82) is 0 Å². The van der Waals surface area contributed by atoms with Crippen LogP contribution in [0.4, 0.5) is 0 Å². The Labute approximate surface area is 84.1 Å². The van der Waals surface area contributed by atoms with E-state index in [2.05, 4.69) is 18.8 Å². The highest BCUT2D eigenvalue weighted by molar-refractivity contribution is 4.91. The van der Waals surface area contributed by atoms with Gasteiger partial charge >= 0.3 is 5.69 Å². The highest BCUT2D eigenvalue weighted by Crippen LogP contribution is 2.42. The van der Waals surface area contributed by atoms with Gasteiger partial charge in [-0.2, -0.15) is 0 Å². The average molecular weight is 194 g/mol. The van der Waals surface area contributed by atoms with Gasteiger partial charge in [-0.15, -0.1) is 0 Å². The molecule has 3 nitrogen and oxygen atoms in total. The SMILES string of the molecule is CC1(C)CCCCC1n1cc[nH]c1=O. The molecule has 0 aromatic carbocycles. The fourth-order valence-electron chi connectivity index (χ4n) is 2.57. The number of hydrogen-bond donors (Lipinski definition) is 1. The van der Waals surface area contributed by atoms with Gasteiger partial charge in [0.05, 0.1) is 0 Å². The molecular formula is C11H18N2O. The Morgan fingerprint density at radius 3 is 2.86 bits per heavy atom. The molecule has 0 aliphatic heterocycles. The third kappa shape index (κ3) is 1.51. The summed E-state index contributed by atoms with van der Waals surface area (Å²) < 4.78 is 1.86. The first kappa shape index (κ1) is 9.56. The van der Waals surface area contributed by atoms with Gasteiger partial charge in [-0.3, -0.25) is 4.57 Å². The first-order valence-electron chi connectivity index (χ1n) is 5.37. The van der Waals surface area contributed by atoms with E-state index in [9.17, 15) is 4.79 Å². The molecule has 1 aliphatic carbocycles. The van der Waals surface area contributed by atoms with E-state index in [1.54, 1.807) is 6.20 Å². The molecule has 1 unspecified atom stereocenters. The van der Waals surface area contributed by atoms with Crippen LogP contribution in [-0.2, 0) is 0 Å². The molecular weight excluding hydrogens is 176 g/mol. The van der Waals surface area contributed by atoms with Crippen LogP contribution in [0, 0.1) is 5.41 Å². The largest absolute Gasteiger partial charge is 0.325 e. The Morgan fingerprint density at radius 2 is 2.29 bits per heavy atom. The summed E-state index contributed by atoms with van der Waals surface area (Å²) in [5, 5.41) is 0. The molecule has 3 heteroatoms. The lowest BCUT2D eigenvalue weighted by molar-refractivity contribution is 0.141. The van der Waals surface area contributed by atoms with Crippen LogP contribution in [0.15, 0.2) is 17.2 Å². The standard InChI is InChI=1S/C11H18N2O/c1-11(2)6-4-3-5-9(11)13-8-7-12-10(13)14/h7-9H,3-6H2,1-2H3,(H,12,14). The van der Waals surface area contributed by atoms with Crippen LogP contribution >= 0.6 is 0 Å². The second-order valence-electron chi connectivity index (χ2n) is 4.92. The third-order valence-electron chi connectivity index (χ3n) is 3.46. The van der Waals surface area contributed by atoms with Gasteiger partial charge in [0.15, 0.2) is 0 Å². The zero-order valence-electron chi connectivity index (χ0n) is 8.92. The molecule has 1 heterocycles. The summed E-state index contributed by atoms with van der Waals surface area (Å²) in [6.07, 6.45) is 8.49. The minimum absolute atomic E-state index is 0.0324. The Morgan fingerprint density at radius 1 is 1.50 bits per heavy atom. The number of H-pyrrole nitrogens is 1. The molecule has 1 atom stereocenters. The van der Waals surface area contributed by atoms with Crippen molar-refractivity contribution in [2.45, 2.75) is 45.6 Å². The maximum Gasteiger partial charge on any atom is 0.325 e. The van der Waals surface area contributed by atoms with Gasteiger partial charge in [0.2, 0.25) is 0 Å². The topological polar surface area (TPSA) is 37.8 Å². The van der Waals surface area contributed by atoms with Crippen molar-refractivity contribution in [2.75, 3.05) is 0 Å². The van der Waals surface area contributed by atoms with E-state index in [-0.39, 0.29) is 11.1 Å². The van der Waals surface area contributed by atoms with Crippen molar-refractivity contribution < 1.29 is 0 Å². The summed E-state index contributed by atoms with van der Waals surface area (Å²) in [4.78, 5) is 14.2. The molecule has 14 heavy (non-hydrogen) atoms. The van der Waals surface area contributed by atoms with E-state index in [4.69, 9.17) is 0 Å². The summed E-state index contributed by atoms with van der Waals surface area (Å²) in [5.41, 5.74) is 0.287. The highest BCUT2D eigenvalue weighted by atomic mass is 16.1. The summed E-state index contributed by atoms with van der Waals surface area (Å²) in [5.74, 6) is 0. The van der Waals surface area contributed by atoms with Crippen molar-refractivity contribution in [3.63, 3.8) is 0 Å². The number of aromatic amines is 1. The molecule has 1 saturated carbocycles. The molecule has 0 radical (unpaired) electrons. The molecule has 1 aromatic rings. The molecule has 0 saturated heterocycles. The van der Waals surface area contributed by atoms with Crippen molar-refractivity contribution in [3.8, 4) is 0 Å². The van der Waals surface area contributed by atoms with Gasteiger partial charge in [-0.25, -0.2) is 4.79 Å². The van der Waals surface area contributed by atoms with Crippen molar-refractivity contribution in [3.05, 3.63) is 22.9 Å². The number of aromatic nitrogens is 2. The van der Waals surface area contributed by atoms with Crippen molar-refractivity contribution in [1.82, 2.24) is 9.55 Å². The van der Waals surface area contributed by atoms with Gasteiger partial charge < -0.3 is 4.98 Å². The Hall–Kier alpha value is -0.990. The molecule has 78 valence electrons. The maximum atomic E-state index is 11.5. The fraction of sp³-hybridized carbons (Fsp3) is 0.727. The van der Waals surface area contributed by atoms with Gasteiger partial charge in [0, 0.05) is 18.4 Å². The monoisotopic (exact) mass is 194 g/mol. The number of imidazole rings is 1. The molecule has 0 spiro atoms. The minimum atomic E-state index is 0.0324. The summed E-state index contributed by atoms with van der Waals surface area (Å²) >= 11 is 0. The Bertz CT molecular complexity index is 361. The number of nitrogens with zero attached hydrogens (tertiary/aromatic N) is 1. The predicted octanol–water partition coefficient (Wildman–Crippen LogP) is 2.32. The fourth-order valence-corrected chi connectivity index (χ4v) is 2.57. The molecule has 1 N–H and O–H groups in total. The summed E-state index contributed by atoms with van der Waals surface area (Å²) in [6, 6.07) is 0.370. The van der Waals surface area contributed by atoms with E-state index in [0.717, 1.165) is 6.42 Å². The summed E-state index contributed by atoms with van der Waals surface area (Å²) in [7, 11) is 0. The van der Waals surface area contributed by atoms with E-state index in [1.807, 2.05) is 10.8 Å². The smallest absolute Gasteiger partial charge is 0.313 e. The van der Waals surface area contributed by atoms with Crippen LogP contribution in [0.5, 0.6) is 0 Å². The zero-order chi connectivity index (χ0) is 10.2. The van der Waals surface area contributed by atoms with Crippen LogP contribution in [0.2, 0.25) is 0 Å². The third-order valence-corrected chi connectivity index (χ3v) is 3.46. The molecule has 0 bridgehead atoms. The maximum absolute atomic E-state index is 11.5. The second kappa shape index (κ2) is 3.30. The quantitative estimate of drug-likeness (QED) is 0.732. The molecule has 1 aliphatic rings. The lowest BCUT2D eigenvalue weighted by Crippen LogP contribution is -2.35. The van der Waals surface area contributed by atoms with E-state index >= 15 is 0 Å². The number of nitrogens with one attached hydrogen (secondary N) is 1. The van der Waals surface area contributed by atoms with E-state index < -0.39 is 0 Å². The van der Waals surface area contributed by atoms with Crippen LogP contribution in [-0.4, -0.2) is 9.55 Å².